The van der Waals surface area contributed by atoms with Crippen LogP contribution in [0.15, 0.2) is 41.1 Å². The van der Waals surface area contributed by atoms with Gasteiger partial charge in [-0.15, -0.1) is 0 Å². The Kier molecular flexibility index (Phi) is 7.31. The first-order chi connectivity index (χ1) is 21.5. The Balaban J connectivity index is 1.20. The van der Waals surface area contributed by atoms with Crippen LogP contribution in [0.5, 0.6) is 5.88 Å². The van der Waals surface area contributed by atoms with Gasteiger partial charge in [-0.05, 0) is 30.5 Å². The van der Waals surface area contributed by atoms with E-state index in [9.17, 15) is 18.7 Å². The molecule has 0 radical (unpaired) electrons. The highest BCUT2D eigenvalue weighted by atomic mass is 19.3. The fourth-order valence-electron chi connectivity index (χ4n) is 6.75. The van der Waals surface area contributed by atoms with Crippen molar-refractivity contribution in [1.29, 1.82) is 0 Å². The van der Waals surface area contributed by atoms with Gasteiger partial charge < -0.3 is 38.4 Å². The van der Waals surface area contributed by atoms with Crippen LogP contribution in [-0.4, -0.2) is 95.8 Å². The topological polar surface area (TPSA) is 127 Å². The molecule has 1 spiro atoms. The van der Waals surface area contributed by atoms with E-state index in [1.165, 1.54) is 17.2 Å². The SMILES string of the molecule is C[C@@H]1N(c2cc(N3CC(C)(C)C3)cnc2O[C@H]2C[C@@H](C(=O)O)N(c3cc(-c4ccco4)nc(C(F)F)n3)C2)CCOC12COC2. The first-order valence-corrected chi connectivity index (χ1v) is 15.1. The number of carbonyl (C=O) groups is 1. The summed E-state index contributed by atoms with van der Waals surface area (Å²) >= 11 is 0. The molecule has 0 amide bonds. The van der Waals surface area contributed by atoms with E-state index in [4.69, 9.17) is 23.6 Å². The lowest BCUT2D eigenvalue weighted by Gasteiger charge is -2.53. The van der Waals surface area contributed by atoms with Gasteiger partial charge in [-0.1, -0.05) is 13.8 Å². The number of hydrogen-bond donors (Lipinski definition) is 1. The van der Waals surface area contributed by atoms with Crippen LogP contribution in [0.3, 0.4) is 0 Å². The number of carboxylic acid groups (broad SMARTS) is 1. The molecule has 4 fully saturated rings. The molecule has 0 unspecified atom stereocenters. The summed E-state index contributed by atoms with van der Waals surface area (Å²) in [6, 6.07) is 5.68. The highest BCUT2D eigenvalue weighted by Gasteiger charge is 2.50. The number of carboxylic acids is 1. The summed E-state index contributed by atoms with van der Waals surface area (Å²) in [5, 5.41) is 10.2. The van der Waals surface area contributed by atoms with E-state index in [1.807, 2.05) is 0 Å². The fourth-order valence-corrected chi connectivity index (χ4v) is 6.75. The number of aromatic nitrogens is 3. The summed E-state index contributed by atoms with van der Waals surface area (Å²) in [6.07, 6.45) is -0.275. The van der Waals surface area contributed by atoms with Gasteiger partial charge in [0.2, 0.25) is 5.88 Å². The third-order valence-electron chi connectivity index (χ3n) is 9.19. The molecule has 1 N–H and O–H groups in total. The number of anilines is 3. The first kappa shape index (κ1) is 29.7. The van der Waals surface area contributed by atoms with Crippen molar-refractivity contribution in [3.05, 3.63) is 42.5 Å². The van der Waals surface area contributed by atoms with Crippen LogP contribution in [0.4, 0.5) is 26.0 Å². The van der Waals surface area contributed by atoms with Crippen molar-refractivity contribution in [1.82, 2.24) is 15.0 Å². The number of alkyl halides is 2. The predicted octanol–water partition coefficient (Wildman–Crippen LogP) is 4.02. The lowest BCUT2D eigenvalue weighted by atomic mass is 9.84. The molecule has 0 aromatic carbocycles. The Morgan fingerprint density at radius 2 is 1.98 bits per heavy atom. The van der Waals surface area contributed by atoms with Gasteiger partial charge in [-0.25, -0.2) is 28.5 Å². The Morgan fingerprint density at radius 1 is 1.18 bits per heavy atom. The molecule has 3 aromatic rings. The minimum Gasteiger partial charge on any atom is -0.480 e. The molecule has 0 aliphatic carbocycles. The summed E-state index contributed by atoms with van der Waals surface area (Å²) < 4.78 is 51.2. The number of halogens is 2. The average molecular weight is 627 g/mol. The lowest BCUT2D eigenvalue weighted by molar-refractivity contribution is -0.228. The number of ether oxygens (including phenoxy) is 3. The second kappa shape index (κ2) is 11.1. The molecular formula is C31H36F2N6O6. The molecule has 4 aliphatic heterocycles. The van der Waals surface area contributed by atoms with Gasteiger partial charge in [0.05, 0.1) is 50.6 Å². The highest BCUT2D eigenvalue weighted by Crippen LogP contribution is 2.42. The van der Waals surface area contributed by atoms with Crippen molar-refractivity contribution in [3.63, 3.8) is 0 Å². The molecule has 14 heteroatoms. The molecule has 3 aromatic heterocycles. The third-order valence-corrected chi connectivity index (χ3v) is 9.19. The zero-order chi connectivity index (χ0) is 31.5. The Morgan fingerprint density at radius 3 is 2.62 bits per heavy atom. The van der Waals surface area contributed by atoms with E-state index in [2.05, 4.69) is 46.6 Å². The molecule has 4 aliphatic rings. The van der Waals surface area contributed by atoms with Crippen LogP contribution in [-0.2, 0) is 14.3 Å². The molecule has 7 heterocycles. The molecule has 7 rings (SSSR count). The fraction of sp³-hybridized carbons (Fsp3) is 0.548. The molecule has 12 nitrogen and oxygen atoms in total. The first-order valence-electron chi connectivity index (χ1n) is 15.1. The average Bonchev–Trinajstić information content (AvgIpc) is 3.66. The van der Waals surface area contributed by atoms with Crippen LogP contribution >= 0.6 is 0 Å². The Hall–Kier alpha value is -4.04. The maximum atomic E-state index is 13.8. The second-order valence-corrected chi connectivity index (χ2v) is 13.0. The van der Waals surface area contributed by atoms with Gasteiger partial charge in [0.15, 0.2) is 11.6 Å². The second-order valence-electron chi connectivity index (χ2n) is 13.0. The monoisotopic (exact) mass is 626 g/mol. The number of rotatable bonds is 8. The third kappa shape index (κ3) is 5.43. The van der Waals surface area contributed by atoms with E-state index < -0.39 is 36.0 Å². The molecule has 3 atom stereocenters. The largest absolute Gasteiger partial charge is 0.480 e. The minimum absolute atomic E-state index is 0.0205. The van der Waals surface area contributed by atoms with E-state index in [0.29, 0.717) is 32.2 Å². The summed E-state index contributed by atoms with van der Waals surface area (Å²) in [6.45, 7) is 10.6. The van der Waals surface area contributed by atoms with E-state index in [-0.39, 0.29) is 41.7 Å². The standard InChI is InChI=1S/C31H36F2N6O6/c1-18-31(16-42-17-31)44-8-6-38(18)22-9-19(37-14-30(2,3)15-37)12-34-28(22)45-20-10-23(29(40)41)39(13-20)25-11-21(24-5-4-7-43-24)35-27(36-25)26(32)33/h4-5,7,9,11-12,18,20,23,26H,6,8,10,13-17H2,1-3H3,(H,40,41)/t18-,20-,23-/m0/s1. The smallest absolute Gasteiger partial charge is 0.326 e. The van der Waals surface area contributed by atoms with Gasteiger partial charge >= 0.3 is 5.97 Å². The minimum atomic E-state index is -2.96. The predicted molar refractivity (Wildman–Crippen MR) is 159 cm³/mol. The number of aliphatic carboxylic acids is 1. The zero-order valence-corrected chi connectivity index (χ0v) is 25.4. The summed E-state index contributed by atoms with van der Waals surface area (Å²) in [5.41, 5.74) is 1.72. The normalized spacial score (nSPS) is 25.4. The number of morpholine rings is 1. The van der Waals surface area contributed by atoms with Crippen LogP contribution in [0.25, 0.3) is 11.5 Å². The highest BCUT2D eigenvalue weighted by molar-refractivity contribution is 5.79. The Bertz CT molecular complexity index is 1560. The summed E-state index contributed by atoms with van der Waals surface area (Å²) in [4.78, 5) is 31.2. The van der Waals surface area contributed by atoms with Crippen LogP contribution < -0.4 is 19.4 Å². The van der Waals surface area contributed by atoms with Crippen molar-refractivity contribution in [2.24, 2.45) is 5.41 Å². The number of nitrogens with zero attached hydrogens (tertiary/aromatic N) is 6. The van der Waals surface area contributed by atoms with Crippen molar-refractivity contribution in [2.45, 2.75) is 57.4 Å². The maximum Gasteiger partial charge on any atom is 0.326 e. The van der Waals surface area contributed by atoms with Gasteiger partial charge in [-0.3, -0.25) is 0 Å². The van der Waals surface area contributed by atoms with Crippen LogP contribution in [0.1, 0.15) is 39.4 Å². The lowest BCUT2D eigenvalue weighted by Crippen LogP contribution is -2.68. The Labute approximate surface area is 258 Å². The molecule has 0 bridgehead atoms. The molecule has 0 saturated carbocycles. The van der Waals surface area contributed by atoms with Crippen molar-refractivity contribution >= 4 is 23.2 Å². The molecule has 4 saturated heterocycles. The quantitative estimate of drug-likeness (QED) is 0.388. The number of hydrogen-bond acceptors (Lipinski definition) is 11. The van der Waals surface area contributed by atoms with Crippen molar-refractivity contribution < 1.29 is 37.3 Å². The number of furan rings is 1. The molecular weight excluding hydrogens is 590 g/mol. The summed E-state index contributed by atoms with van der Waals surface area (Å²) in [7, 11) is 0. The maximum absolute atomic E-state index is 13.8. The molecule has 45 heavy (non-hydrogen) atoms. The van der Waals surface area contributed by atoms with Crippen molar-refractivity contribution in [2.75, 3.05) is 60.7 Å². The van der Waals surface area contributed by atoms with Crippen LogP contribution in [0.2, 0.25) is 0 Å². The van der Waals surface area contributed by atoms with Gasteiger partial charge in [0.25, 0.3) is 6.43 Å². The van der Waals surface area contributed by atoms with Gasteiger partial charge in [0, 0.05) is 32.1 Å². The van der Waals surface area contributed by atoms with Gasteiger partial charge in [-0.2, -0.15) is 0 Å². The van der Waals surface area contributed by atoms with Crippen molar-refractivity contribution in [3.8, 4) is 17.3 Å². The van der Waals surface area contributed by atoms with E-state index >= 15 is 0 Å². The van der Waals surface area contributed by atoms with Crippen LogP contribution in [0, 0.1) is 5.41 Å². The van der Waals surface area contributed by atoms with Gasteiger partial charge in [0.1, 0.15) is 34.9 Å². The van der Waals surface area contributed by atoms with E-state index in [0.717, 1.165) is 24.5 Å². The summed E-state index contributed by atoms with van der Waals surface area (Å²) in [5.74, 6) is -1.12. The van der Waals surface area contributed by atoms with E-state index in [1.54, 1.807) is 18.3 Å². The zero-order valence-electron chi connectivity index (χ0n) is 25.4. The number of pyridine rings is 1. The molecule has 240 valence electrons.